The maximum Gasteiger partial charge on any atom is 0.356 e. The predicted molar refractivity (Wildman–Crippen MR) is 130 cm³/mol. The van der Waals surface area contributed by atoms with Crippen LogP contribution in [-0.2, 0) is 14.3 Å². The number of aromatic amines is 1. The van der Waals surface area contributed by atoms with E-state index in [1.807, 2.05) is 24.3 Å². The lowest BCUT2D eigenvalue weighted by Gasteiger charge is -2.27. The van der Waals surface area contributed by atoms with Crippen LogP contribution in [0.5, 0.6) is 0 Å². The van der Waals surface area contributed by atoms with Crippen LogP contribution in [0.25, 0.3) is 17.0 Å². The molecule has 0 radical (unpaired) electrons. The van der Waals surface area contributed by atoms with E-state index < -0.39 is 16.9 Å². The number of H-pyrrole nitrogens is 1. The van der Waals surface area contributed by atoms with E-state index in [2.05, 4.69) is 16.5 Å². The number of esters is 2. The first-order valence-electron chi connectivity index (χ1n) is 11.0. The Balaban J connectivity index is 1.41. The molecule has 1 fully saturated rings. The molecule has 2 aromatic carbocycles. The summed E-state index contributed by atoms with van der Waals surface area (Å²) in [6, 6.07) is 15.4. The van der Waals surface area contributed by atoms with Crippen molar-refractivity contribution in [1.29, 1.82) is 5.26 Å². The summed E-state index contributed by atoms with van der Waals surface area (Å²) in [6.45, 7) is 4.52. The number of ether oxygens (including phenoxy) is 1. The molecule has 0 unspecified atom stereocenters. The van der Waals surface area contributed by atoms with E-state index in [0.29, 0.717) is 5.56 Å². The summed E-state index contributed by atoms with van der Waals surface area (Å²) in [5.41, 5.74) is 2.10. The van der Waals surface area contributed by atoms with Crippen LogP contribution >= 0.6 is 0 Å². The van der Waals surface area contributed by atoms with Crippen LogP contribution in [0.15, 0.2) is 72.5 Å². The maximum absolute atomic E-state index is 12.6. The van der Waals surface area contributed by atoms with Gasteiger partial charge in [0.25, 0.3) is 5.69 Å². The Kier molecular flexibility index (Phi) is 6.73. The number of carbonyl (C=O) groups excluding carboxylic acids is 2. The Morgan fingerprint density at radius 1 is 1.23 bits per heavy atom. The SMILES string of the molecule is C=C(C[C@@H]1CCCN1c1ccc([N+](=O)[O-])cc1)C(=O)OC(=O)/C(C#N)=C/c1c[nH]c2ccccc12. The van der Waals surface area contributed by atoms with Crippen LogP contribution in [0, 0.1) is 21.4 Å². The Bertz CT molecular complexity index is 1380. The Labute approximate surface area is 201 Å². The van der Waals surface area contributed by atoms with Gasteiger partial charge in [0, 0.05) is 58.6 Å². The van der Waals surface area contributed by atoms with Crippen molar-refractivity contribution in [2.75, 3.05) is 11.4 Å². The first-order chi connectivity index (χ1) is 16.9. The molecule has 1 aliphatic rings. The van der Waals surface area contributed by atoms with Crippen molar-refractivity contribution in [2.45, 2.75) is 25.3 Å². The van der Waals surface area contributed by atoms with Crippen LogP contribution in [0.4, 0.5) is 11.4 Å². The molecule has 4 rings (SSSR count). The monoisotopic (exact) mass is 470 g/mol. The van der Waals surface area contributed by atoms with Crippen molar-refractivity contribution in [2.24, 2.45) is 0 Å². The molecule has 0 aliphatic carbocycles. The average molecular weight is 470 g/mol. The summed E-state index contributed by atoms with van der Waals surface area (Å²) in [4.78, 5) is 40.6. The summed E-state index contributed by atoms with van der Waals surface area (Å²) in [6.07, 6.45) is 4.99. The van der Waals surface area contributed by atoms with E-state index in [-0.39, 0.29) is 29.3 Å². The third kappa shape index (κ3) is 5.12. The average Bonchev–Trinajstić information content (AvgIpc) is 3.49. The first-order valence-corrected chi connectivity index (χ1v) is 11.0. The van der Waals surface area contributed by atoms with Crippen molar-refractivity contribution in [1.82, 2.24) is 4.98 Å². The molecule has 0 saturated carbocycles. The molecule has 1 aliphatic heterocycles. The highest BCUT2D eigenvalue weighted by Crippen LogP contribution is 2.30. The van der Waals surface area contributed by atoms with Gasteiger partial charge in [-0.15, -0.1) is 0 Å². The molecule has 176 valence electrons. The highest BCUT2D eigenvalue weighted by molar-refractivity contribution is 6.07. The molecule has 0 spiro atoms. The molecule has 1 atom stereocenters. The lowest BCUT2D eigenvalue weighted by atomic mass is 10.0. The minimum Gasteiger partial charge on any atom is -0.385 e. The van der Waals surface area contributed by atoms with Gasteiger partial charge in [0.15, 0.2) is 0 Å². The fourth-order valence-corrected chi connectivity index (χ4v) is 4.24. The number of anilines is 1. The fourth-order valence-electron chi connectivity index (χ4n) is 4.24. The summed E-state index contributed by atoms with van der Waals surface area (Å²) in [7, 11) is 0. The molecule has 1 N–H and O–H groups in total. The minimum atomic E-state index is -1.04. The number of aromatic nitrogens is 1. The number of nitro benzene ring substituents is 1. The van der Waals surface area contributed by atoms with Crippen LogP contribution in [0.2, 0.25) is 0 Å². The van der Waals surface area contributed by atoms with Crippen LogP contribution in [0.3, 0.4) is 0 Å². The van der Waals surface area contributed by atoms with Crippen molar-refractivity contribution in [3.63, 3.8) is 0 Å². The van der Waals surface area contributed by atoms with Gasteiger partial charge in [0.05, 0.1) is 4.92 Å². The number of nitrogens with zero attached hydrogens (tertiary/aromatic N) is 3. The van der Waals surface area contributed by atoms with Crippen molar-refractivity contribution in [3.8, 4) is 6.07 Å². The van der Waals surface area contributed by atoms with Gasteiger partial charge in [-0.1, -0.05) is 24.8 Å². The Morgan fingerprint density at radius 2 is 1.97 bits per heavy atom. The fraction of sp³-hybridized carbons (Fsp3) is 0.192. The van der Waals surface area contributed by atoms with E-state index in [1.165, 1.54) is 18.2 Å². The number of nitriles is 1. The zero-order valence-corrected chi connectivity index (χ0v) is 18.8. The maximum atomic E-state index is 12.6. The van der Waals surface area contributed by atoms with Gasteiger partial charge in [-0.25, -0.2) is 9.59 Å². The summed E-state index contributed by atoms with van der Waals surface area (Å²) in [5.74, 6) is -1.92. The zero-order chi connectivity index (χ0) is 24.9. The number of hydrogen-bond donors (Lipinski definition) is 1. The molecule has 0 bridgehead atoms. The quantitative estimate of drug-likeness (QED) is 0.133. The van der Waals surface area contributed by atoms with E-state index in [4.69, 9.17) is 4.74 Å². The number of para-hydroxylation sites is 1. The highest BCUT2D eigenvalue weighted by atomic mass is 16.6. The minimum absolute atomic E-state index is 0.00462. The third-order valence-corrected chi connectivity index (χ3v) is 5.99. The largest absolute Gasteiger partial charge is 0.385 e. The van der Waals surface area contributed by atoms with Crippen LogP contribution in [-0.4, -0.2) is 34.4 Å². The van der Waals surface area contributed by atoms with Crippen LogP contribution in [0.1, 0.15) is 24.8 Å². The van der Waals surface area contributed by atoms with Gasteiger partial charge >= 0.3 is 11.9 Å². The number of benzene rings is 2. The predicted octanol–water partition coefficient (Wildman–Crippen LogP) is 4.67. The molecule has 9 heteroatoms. The molecule has 1 saturated heterocycles. The lowest BCUT2D eigenvalue weighted by Crippen LogP contribution is -2.30. The molecule has 2 heterocycles. The van der Waals surface area contributed by atoms with Gasteiger partial charge in [0.1, 0.15) is 11.6 Å². The summed E-state index contributed by atoms with van der Waals surface area (Å²) in [5, 5.41) is 21.2. The van der Waals surface area contributed by atoms with E-state index in [0.717, 1.165) is 36.0 Å². The molecular weight excluding hydrogens is 448 g/mol. The molecule has 9 nitrogen and oxygen atoms in total. The second-order valence-electron chi connectivity index (χ2n) is 8.21. The Hall–Kier alpha value is -4.71. The van der Waals surface area contributed by atoms with E-state index in [1.54, 1.807) is 24.4 Å². The van der Waals surface area contributed by atoms with Crippen LogP contribution < -0.4 is 4.90 Å². The van der Waals surface area contributed by atoms with E-state index in [9.17, 15) is 25.0 Å². The van der Waals surface area contributed by atoms with Gasteiger partial charge in [-0.2, -0.15) is 5.26 Å². The topological polar surface area (TPSA) is 129 Å². The van der Waals surface area contributed by atoms with Crippen molar-refractivity contribution < 1.29 is 19.2 Å². The van der Waals surface area contributed by atoms with Gasteiger partial charge < -0.3 is 14.6 Å². The second-order valence-corrected chi connectivity index (χ2v) is 8.21. The first kappa shape index (κ1) is 23.4. The van der Waals surface area contributed by atoms with Gasteiger partial charge in [0.2, 0.25) is 0 Å². The number of rotatable bonds is 7. The standard InChI is InChI=1S/C26H22N4O5/c1-17(13-22-5-4-12-29(22)20-8-10-21(11-9-20)30(33)34)25(31)35-26(32)18(15-27)14-19-16-28-24-7-3-2-6-23(19)24/h2-3,6-11,14,16,22,28H,1,4-5,12-13H2/b18-14+/t22-/m0/s1. The summed E-state index contributed by atoms with van der Waals surface area (Å²) >= 11 is 0. The van der Waals surface area contributed by atoms with Gasteiger partial charge in [-0.05, 0) is 43.5 Å². The number of nitrogens with one attached hydrogen (secondary N) is 1. The van der Waals surface area contributed by atoms with E-state index >= 15 is 0 Å². The normalized spacial score (nSPS) is 15.6. The summed E-state index contributed by atoms with van der Waals surface area (Å²) < 4.78 is 4.95. The molecular formula is C26H22N4O5. The number of fused-ring (bicyclic) bond motifs is 1. The number of non-ortho nitro benzene ring substituents is 1. The number of carbonyl (C=O) groups is 2. The molecule has 1 aromatic heterocycles. The number of nitro groups is 1. The van der Waals surface area contributed by atoms with Crippen molar-refractivity contribution >= 4 is 40.3 Å². The molecule has 3 aromatic rings. The van der Waals surface area contributed by atoms with Gasteiger partial charge in [-0.3, -0.25) is 10.1 Å². The highest BCUT2D eigenvalue weighted by Gasteiger charge is 2.28. The zero-order valence-electron chi connectivity index (χ0n) is 18.8. The number of hydrogen-bond acceptors (Lipinski definition) is 7. The smallest absolute Gasteiger partial charge is 0.356 e. The third-order valence-electron chi connectivity index (χ3n) is 5.99. The second kappa shape index (κ2) is 10.1. The van der Waals surface area contributed by atoms with Crippen molar-refractivity contribution in [3.05, 3.63) is 88.1 Å². The lowest BCUT2D eigenvalue weighted by molar-refractivity contribution is -0.384. The molecule has 35 heavy (non-hydrogen) atoms. The molecule has 0 amide bonds. The Morgan fingerprint density at radius 3 is 2.69 bits per heavy atom.